The average Bonchev–Trinajstić information content (AvgIpc) is 3.06. The van der Waals surface area contributed by atoms with Crippen LogP contribution in [0.5, 0.6) is 0 Å². The monoisotopic (exact) mass is 398 g/mol. The Balaban J connectivity index is 1.57. The van der Waals surface area contributed by atoms with Crippen molar-refractivity contribution in [1.29, 1.82) is 0 Å². The number of carbonyl (C=O) groups excluding carboxylic acids is 1. The molecule has 3 aliphatic heterocycles. The first-order chi connectivity index (χ1) is 14.7. The zero-order chi connectivity index (χ0) is 20.5. The number of para-hydroxylation sites is 1. The van der Waals surface area contributed by atoms with Crippen molar-refractivity contribution in [3.05, 3.63) is 90.6 Å². The fraction of sp³-hybridized carbons (Fsp3) is 0.308. The van der Waals surface area contributed by atoms with Gasteiger partial charge in [-0.3, -0.25) is 9.88 Å². The van der Waals surface area contributed by atoms with Gasteiger partial charge in [-0.15, -0.1) is 6.58 Å². The molecular weight excluding hydrogens is 372 g/mol. The van der Waals surface area contributed by atoms with E-state index in [4.69, 9.17) is 4.74 Å². The topological polar surface area (TPSA) is 42.4 Å². The molecule has 0 radical (unpaired) electrons. The summed E-state index contributed by atoms with van der Waals surface area (Å²) in [5, 5.41) is 1.13. The quantitative estimate of drug-likeness (QED) is 0.457. The molecule has 2 bridgehead atoms. The summed E-state index contributed by atoms with van der Waals surface area (Å²) in [5.74, 6) is 0.668. The van der Waals surface area contributed by atoms with E-state index in [0.29, 0.717) is 17.4 Å². The molecular formula is C26H26N2O2. The minimum Gasteiger partial charge on any atom is -0.457 e. The van der Waals surface area contributed by atoms with E-state index in [2.05, 4.69) is 40.7 Å². The van der Waals surface area contributed by atoms with Gasteiger partial charge in [0.05, 0.1) is 17.1 Å². The summed E-state index contributed by atoms with van der Waals surface area (Å²) in [7, 11) is 0. The van der Waals surface area contributed by atoms with Crippen molar-refractivity contribution < 1.29 is 9.53 Å². The average molecular weight is 399 g/mol. The molecule has 0 saturated carbocycles. The fourth-order valence-corrected chi connectivity index (χ4v) is 5.20. The molecule has 30 heavy (non-hydrogen) atoms. The van der Waals surface area contributed by atoms with Gasteiger partial charge < -0.3 is 4.74 Å². The molecule has 6 rings (SSSR count). The maximum atomic E-state index is 13.0. The third kappa shape index (κ3) is 3.41. The molecule has 0 spiro atoms. The molecule has 5 atom stereocenters. The molecule has 3 saturated heterocycles. The Kier molecular flexibility index (Phi) is 5.09. The van der Waals surface area contributed by atoms with Gasteiger partial charge in [-0.25, -0.2) is 4.79 Å². The van der Waals surface area contributed by atoms with Crippen LogP contribution in [0.2, 0.25) is 0 Å². The molecule has 3 fully saturated rings. The third-order valence-corrected chi connectivity index (χ3v) is 6.69. The largest absolute Gasteiger partial charge is 0.457 e. The van der Waals surface area contributed by atoms with Crippen LogP contribution in [0.4, 0.5) is 0 Å². The van der Waals surface area contributed by atoms with E-state index in [1.54, 1.807) is 0 Å². The van der Waals surface area contributed by atoms with Crippen molar-refractivity contribution in [2.45, 2.75) is 25.0 Å². The van der Waals surface area contributed by atoms with Gasteiger partial charge in [0, 0.05) is 18.1 Å². The Labute approximate surface area is 177 Å². The van der Waals surface area contributed by atoms with Crippen molar-refractivity contribution in [2.24, 2.45) is 11.8 Å². The standard InChI is InChI=1S/C26H26N2O2/c1-2-18-17-28-15-13-20(18)16-24(30-26(29)19-8-4-3-5-9-19)25(28)22-12-14-27-23-11-7-6-10-21(22)23/h2-12,14,18,20,24-25H,1,13,15-17H2/t18-,20-,24-,25+/m0/s1. The molecule has 0 aliphatic carbocycles. The second kappa shape index (κ2) is 8.04. The molecule has 1 aromatic heterocycles. The van der Waals surface area contributed by atoms with E-state index >= 15 is 0 Å². The minimum absolute atomic E-state index is 0.0144. The number of benzene rings is 2. The van der Waals surface area contributed by atoms with E-state index in [-0.39, 0.29) is 18.1 Å². The highest BCUT2D eigenvalue weighted by molar-refractivity contribution is 5.89. The zero-order valence-electron chi connectivity index (χ0n) is 17.0. The van der Waals surface area contributed by atoms with E-state index in [1.165, 1.54) is 5.56 Å². The van der Waals surface area contributed by atoms with Crippen LogP contribution in [-0.2, 0) is 4.74 Å². The number of fused-ring (bicyclic) bond motifs is 5. The van der Waals surface area contributed by atoms with Gasteiger partial charge in [0.15, 0.2) is 0 Å². The Morgan fingerprint density at radius 1 is 1.10 bits per heavy atom. The molecule has 1 unspecified atom stereocenters. The summed E-state index contributed by atoms with van der Waals surface area (Å²) in [6.07, 6.45) is 5.71. The van der Waals surface area contributed by atoms with Crippen molar-refractivity contribution >= 4 is 16.9 Å². The summed E-state index contributed by atoms with van der Waals surface area (Å²) < 4.78 is 6.21. The van der Waals surface area contributed by atoms with Gasteiger partial charge in [-0.05, 0) is 61.1 Å². The first-order valence-corrected chi connectivity index (χ1v) is 10.7. The number of aromatic nitrogens is 1. The molecule has 3 aliphatic rings. The normalized spacial score (nSPS) is 28.1. The van der Waals surface area contributed by atoms with Gasteiger partial charge >= 0.3 is 5.97 Å². The van der Waals surface area contributed by atoms with Crippen LogP contribution >= 0.6 is 0 Å². The molecule has 2 aromatic carbocycles. The number of esters is 1. The van der Waals surface area contributed by atoms with Crippen molar-refractivity contribution in [3.8, 4) is 0 Å². The van der Waals surface area contributed by atoms with Crippen LogP contribution in [0, 0.1) is 11.8 Å². The Hall–Kier alpha value is -2.98. The van der Waals surface area contributed by atoms with E-state index in [9.17, 15) is 4.79 Å². The van der Waals surface area contributed by atoms with Gasteiger partial charge in [-0.1, -0.05) is 42.5 Å². The summed E-state index contributed by atoms with van der Waals surface area (Å²) in [5.41, 5.74) is 2.77. The first-order valence-electron chi connectivity index (χ1n) is 10.7. The van der Waals surface area contributed by atoms with Crippen molar-refractivity contribution in [2.75, 3.05) is 13.1 Å². The lowest BCUT2D eigenvalue weighted by molar-refractivity contribution is 0.00394. The molecule has 4 heterocycles. The SMILES string of the molecule is C=C[C@H]1CN2CC[C@H]1C[C@H](OC(=O)c1ccccc1)[C@H]2c1ccnc2ccccc12. The van der Waals surface area contributed by atoms with Gasteiger partial charge in [0.2, 0.25) is 0 Å². The van der Waals surface area contributed by atoms with Crippen LogP contribution in [0.15, 0.2) is 79.5 Å². The van der Waals surface area contributed by atoms with E-state index < -0.39 is 0 Å². The number of hydrogen-bond acceptors (Lipinski definition) is 4. The van der Waals surface area contributed by atoms with Crippen molar-refractivity contribution in [3.63, 3.8) is 0 Å². The molecule has 0 N–H and O–H groups in total. The van der Waals surface area contributed by atoms with E-state index in [1.807, 2.05) is 48.7 Å². The molecule has 0 amide bonds. The Bertz CT molecular complexity index is 1060. The van der Waals surface area contributed by atoms with E-state index in [0.717, 1.165) is 36.8 Å². The van der Waals surface area contributed by atoms with Gasteiger partial charge in [0.1, 0.15) is 6.10 Å². The lowest BCUT2D eigenvalue weighted by Crippen LogP contribution is -2.40. The van der Waals surface area contributed by atoms with Crippen LogP contribution in [-0.4, -0.2) is 35.0 Å². The smallest absolute Gasteiger partial charge is 0.338 e. The zero-order valence-corrected chi connectivity index (χ0v) is 17.0. The van der Waals surface area contributed by atoms with Crippen LogP contribution in [0.1, 0.15) is 34.8 Å². The second-order valence-electron chi connectivity index (χ2n) is 8.35. The fourth-order valence-electron chi connectivity index (χ4n) is 5.20. The second-order valence-corrected chi connectivity index (χ2v) is 8.35. The summed E-state index contributed by atoms with van der Waals surface area (Å²) in [6, 6.07) is 19.6. The summed E-state index contributed by atoms with van der Waals surface area (Å²) >= 11 is 0. The van der Waals surface area contributed by atoms with Crippen LogP contribution in [0.25, 0.3) is 10.9 Å². The number of carbonyl (C=O) groups is 1. The van der Waals surface area contributed by atoms with Crippen LogP contribution in [0.3, 0.4) is 0 Å². The van der Waals surface area contributed by atoms with Crippen LogP contribution < -0.4 is 0 Å². The number of nitrogens with zero attached hydrogens (tertiary/aromatic N) is 2. The molecule has 3 aromatic rings. The highest BCUT2D eigenvalue weighted by Crippen LogP contribution is 2.44. The number of rotatable bonds is 4. The lowest BCUT2D eigenvalue weighted by Gasteiger charge is -2.37. The highest BCUT2D eigenvalue weighted by atomic mass is 16.5. The maximum absolute atomic E-state index is 13.0. The van der Waals surface area contributed by atoms with Crippen molar-refractivity contribution in [1.82, 2.24) is 9.88 Å². The number of hydrogen-bond donors (Lipinski definition) is 0. The summed E-state index contributed by atoms with van der Waals surface area (Å²) in [6.45, 7) is 6.04. The Morgan fingerprint density at radius 2 is 1.90 bits per heavy atom. The van der Waals surface area contributed by atoms with Gasteiger partial charge in [0.25, 0.3) is 0 Å². The minimum atomic E-state index is -0.249. The first kappa shape index (κ1) is 19.0. The lowest BCUT2D eigenvalue weighted by atomic mass is 9.84. The third-order valence-electron chi connectivity index (χ3n) is 6.69. The Morgan fingerprint density at radius 3 is 2.73 bits per heavy atom. The number of piperidine rings is 1. The molecule has 4 nitrogen and oxygen atoms in total. The predicted molar refractivity (Wildman–Crippen MR) is 118 cm³/mol. The molecule has 4 heteroatoms. The number of pyridine rings is 1. The highest BCUT2D eigenvalue weighted by Gasteiger charge is 2.43. The maximum Gasteiger partial charge on any atom is 0.338 e. The number of ether oxygens (including phenoxy) is 1. The summed E-state index contributed by atoms with van der Waals surface area (Å²) in [4.78, 5) is 20.0. The van der Waals surface area contributed by atoms with Gasteiger partial charge in [-0.2, -0.15) is 0 Å². The predicted octanol–water partition coefficient (Wildman–Crippen LogP) is 5.03. The molecule has 152 valence electrons.